The molecule has 0 amide bonds. The van der Waals surface area contributed by atoms with Crippen molar-refractivity contribution in [2.24, 2.45) is 4.99 Å². The topological polar surface area (TPSA) is 68.0 Å². The van der Waals surface area contributed by atoms with Crippen LogP contribution in [0.4, 0.5) is 0 Å². The molecule has 28 heavy (non-hydrogen) atoms. The van der Waals surface area contributed by atoms with E-state index in [-0.39, 0.29) is 30.1 Å². The van der Waals surface area contributed by atoms with Crippen LogP contribution in [0.25, 0.3) is 0 Å². The SMILES string of the molecule is I.c1ccc(OCCCNC(=NCC2CCCO2)NCCc2ccco2)cc1. The molecule has 0 radical (unpaired) electrons. The van der Waals surface area contributed by atoms with E-state index in [9.17, 15) is 0 Å². The second-order valence-corrected chi connectivity index (χ2v) is 6.52. The van der Waals surface area contributed by atoms with Crippen LogP contribution in [-0.2, 0) is 11.2 Å². The van der Waals surface area contributed by atoms with Crippen LogP contribution in [0, 0.1) is 0 Å². The number of guanidine groups is 1. The second kappa shape index (κ2) is 13.4. The lowest BCUT2D eigenvalue weighted by molar-refractivity contribution is 0.117. The lowest BCUT2D eigenvalue weighted by Crippen LogP contribution is -2.39. The quantitative estimate of drug-likeness (QED) is 0.226. The summed E-state index contributed by atoms with van der Waals surface area (Å²) in [5.41, 5.74) is 0. The van der Waals surface area contributed by atoms with Crippen molar-refractivity contribution >= 4 is 29.9 Å². The number of rotatable bonds is 10. The van der Waals surface area contributed by atoms with E-state index in [2.05, 4.69) is 15.6 Å². The van der Waals surface area contributed by atoms with E-state index >= 15 is 0 Å². The van der Waals surface area contributed by atoms with E-state index in [1.165, 1.54) is 0 Å². The average Bonchev–Trinajstić information content (AvgIpc) is 3.40. The van der Waals surface area contributed by atoms with Gasteiger partial charge in [0.1, 0.15) is 11.5 Å². The first-order valence-corrected chi connectivity index (χ1v) is 9.74. The Bertz CT molecular complexity index is 659. The molecule has 1 aliphatic heterocycles. The highest BCUT2D eigenvalue weighted by Gasteiger charge is 2.14. The zero-order chi connectivity index (χ0) is 18.6. The minimum atomic E-state index is 0. The Morgan fingerprint density at radius 2 is 1.96 bits per heavy atom. The number of ether oxygens (including phenoxy) is 2. The van der Waals surface area contributed by atoms with Crippen LogP contribution in [-0.4, -0.2) is 44.9 Å². The van der Waals surface area contributed by atoms with Gasteiger partial charge in [-0.25, -0.2) is 0 Å². The van der Waals surface area contributed by atoms with Crippen molar-refractivity contribution in [1.82, 2.24) is 10.6 Å². The van der Waals surface area contributed by atoms with Gasteiger partial charge in [0.2, 0.25) is 0 Å². The zero-order valence-corrected chi connectivity index (χ0v) is 18.5. The summed E-state index contributed by atoms with van der Waals surface area (Å²) in [5, 5.41) is 6.76. The molecule has 1 aromatic carbocycles. The van der Waals surface area contributed by atoms with Gasteiger partial charge >= 0.3 is 0 Å². The number of hydrogen-bond acceptors (Lipinski definition) is 4. The van der Waals surface area contributed by atoms with Crippen LogP contribution in [0.1, 0.15) is 25.0 Å². The van der Waals surface area contributed by atoms with E-state index in [0.717, 1.165) is 62.8 Å². The summed E-state index contributed by atoms with van der Waals surface area (Å²) >= 11 is 0. The maximum absolute atomic E-state index is 5.73. The third kappa shape index (κ3) is 8.52. The summed E-state index contributed by atoms with van der Waals surface area (Å²) in [6.07, 6.45) is 5.89. The van der Waals surface area contributed by atoms with Gasteiger partial charge in [-0.3, -0.25) is 4.99 Å². The first-order chi connectivity index (χ1) is 13.4. The van der Waals surface area contributed by atoms with Crippen LogP contribution in [0.2, 0.25) is 0 Å². The fraction of sp³-hybridized carbons (Fsp3) is 0.476. The van der Waals surface area contributed by atoms with Crippen LogP contribution in [0.3, 0.4) is 0 Å². The monoisotopic (exact) mass is 499 g/mol. The Morgan fingerprint density at radius 1 is 1.11 bits per heavy atom. The summed E-state index contributed by atoms with van der Waals surface area (Å²) in [7, 11) is 0. The molecule has 3 rings (SSSR count). The molecule has 2 N–H and O–H groups in total. The van der Waals surface area contributed by atoms with E-state index in [0.29, 0.717) is 13.2 Å². The molecule has 0 spiro atoms. The number of furan rings is 1. The molecule has 0 saturated carbocycles. The Balaban J connectivity index is 0.00000280. The fourth-order valence-electron chi connectivity index (χ4n) is 2.90. The molecule has 0 bridgehead atoms. The number of nitrogens with zero attached hydrogens (tertiary/aromatic N) is 1. The summed E-state index contributed by atoms with van der Waals surface area (Å²) in [5.74, 6) is 2.69. The van der Waals surface area contributed by atoms with Crippen molar-refractivity contribution in [3.63, 3.8) is 0 Å². The van der Waals surface area contributed by atoms with Gasteiger partial charge in [-0.05, 0) is 43.5 Å². The van der Waals surface area contributed by atoms with Gasteiger partial charge in [0.25, 0.3) is 0 Å². The average molecular weight is 499 g/mol. The first-order valence-electron chi connectivity index (χ1n) is 9.74. The van der Waals surface area contributed by atoms with Gasteiger partial charge in [-0.1, -0.05) is 18.2 Å². The smallest absolute Gasteiger partial charge is 0.191 e. The summed E-state index contributed by atoms with van der Waals surface area (Å²) in [6.45, 7) is 3.78. The van der Waals surface area contributed by atoms with Gasteiger partial charge in [0.05, 0.1) is 25.5 Å². The molecule has 1 atom stereocenters. The predicted octanol–water partition coefficient (Wildman–Crippen LogP) is 3.62. The molecular formula is C21H30IN3O3. The molecule has 2 aromatic rings. The standard InChI is InChI=1S/C21H29N3O3.HI/c1-2-7-18(8-3-1)26-16-6-12-22-21(24-17-20-10-5-15-27-20)23-13-11-19-9-4-14-25-19;/h1-4,7-9,14,20H,5-6,10-13,15-17H2,(H2,22,23,24);1H. The molecule has 1 aromatic heterocycles. The van der Waals surface area contributed by atoms with Crippen LogP contribution in [0.5, 0.6) is 5.75 Å². The van der Waals surface area contributed by atoms with Crippen molar-refractivity contribution in [3.05, 3.63) is 54.5 Å². The van der Waals surface area contributed by atoms with E-state index in [1.54, 1.807) is 6.26 Å². The molecule has 1 unspecified atom stereocenters. The number of halogens is 1. The fourth-order valence-corrected chi connectivity index (χ4v) is 2.90. The Hall–Kier alpha value is -1.74. The minimum absolute atomic E-state index is 0. The van der Waals surface area contributed by atoms with Crippen molar-refractivity contribution < 1.29 is 13.9 Å². The lowest BCUT2D eigenvalue weighted by atomic mass is 10.2. The highest BCUT2D eigenvalue weighted by Crippen LogP contribution is 2.11. The number of para-hydroxylation sites is 1. The van der Waals surface area contributed by atoms with E-state index < -0.39 is 0 Å². The van der Waals surface area contributed by atoms with Gasteiger partial charge in [0.15, 0.2) is 5.96 Å². The predicted molar refractivity (Wildman–Crippen MR) is 122 cm³/mol. The molecule has 6 nitrogen and oxygen atoms in total. The number of nitrogens with one attached hydrogen (secondary N) is 2. The van der Waals surface area contributed by atoms with Crippen molar-refractivity contribution in [1.29, 1.82) is 0 Å². The van der Waals surface area contributed by atoms with Crippen molar-refractivity contribution in [2.45, 2.75) is 31.8 Å². The van der Waals surface area contributed by atoms with E-state index in [4.69, 9.17) is 13.9 Å². The molecule has 1 fully saturated rings. The molecule has 154 valence electrons. The maximum atomic E-state index is 5.73. The number of aliphatic imine (C=N–C) groups is 1. The van der Waals surface area contributed by atoms with Crippen LogP contribution >= 0.6 is 24.0 Å². The third-order valence-corrected chi connectivity index (χ3v) is 4.35. The normalized spacial score (nSPS) is 16.4. The lowest BCUT2D eigenvalue weighted by Gasteiger charge is -2.14. The van der Waals surface area contributed by atoms with Gasteiger partial charge in [-0.15, -0.1) is 24.0 Å². The molecule has 1 aliphatic rings. The Morgan fingerprint density at radius 3 is 2.71 bits per heavy atom. The molecular weight excluding hydrogens is 469 g/mol. The minimum Gasteiger partial charge on any atom is -0.494 e. The number of hydrogen-bond donors (Lipinski definition) is 2. The Labute approximate surface area is 184 Å². The molecule has 7 heteroatoms. The largest absolute Gasteiger partial charge is 0.494 e. The van der Waals surface area contributed by atoms with Crippen LogP contribution in [0.15, 0.2) is 58.1 Å². The first kappa shape index (κ1) is 22.5. The van der Waals surface area contributed by atoms with E-state index in [1.807, 2.05) is 42.5 Å². The summed E-state index contributed by atoms with van der Waals surface area (Å²) in [6, 6.07) is 13.8. The van der Waals surface area contributed by atoms with Crippen molar-refractivity contribution in [2.75, 3.05) is 32.8 Å². The van der Waals surface area contributed by atoms with Crippen molar-refractivity contribution in [3.8, 4) is 5.75 Å². The van der Waals surface area contributed by atoms with Gasteiger partial charge in [-0.2, -0.15) is 0 Å². The molecule has 0 aliphatic carbocycles. The zero-order valence-electron chi connectivity index (χ0n) is 16.1. The third-order valence-electron chi connectivity index (χ3n) is 4.35. The van der Waals surface area contributed by atoms with Gasteiger partial charge in [0, 0.05) is 26.1 Å². The molecule has 1 saturated heterocycles. The van der Waals surface area contributed by atoms with Gasteiger partial charge < -0.3 is 24.5 Å². The summed E-state index contributed by atoms with van der Waals surface area (Å²) in [4.78, 5) is 4.68. The highest BCUT2D eigenvalue weighted by atomic mass is 127. The number of benzene rings is 1. The summed E-state index contributed by atoms with van der Waals surface area (Å²) < 4.78 is 16.8. The maximum Gasteiger partial charge on any atom is 0.191 e. The second-order valence-electron chi connectivity index (χ2n) is 6.52. The molecule has 2 heterocycles. The van der Waals surface area contributed by atoms with Crippen LogP contribution < -0.4 is 15.4 Å². The Kier molecular flexibility index (Phi) is 10.8. The highest BCUT2D eigenvalue weighted by molar-refractivity contribution is 14.0.